The quantitative estimate of drug-likeness (QED) is 0.766. The maximum atomic E-state index is 9.52. The molecule has 108 valence electrons. The first-order valence-electron chi connectivity index (χ1n) is 7.02. The zero-order valence-electron chi connectivity index (χ0n) is 12.6. The first kappa shape index (κ1) is 16.5. The van der Waals surface area contributed by atoms with Crippen LogP contribution in [0.4, 0.5) is 0 Å². The van der Waals surface area contributed by atoms with Crippen molar-refractivity contribution in [1.82, 2.24) is 5.32 Å². The second kappa shape index (κ2) is 7.93. The van der Waals surface area contributed by atoms with E-state index in [-0.39, 0.29) is 12.1 Å². The summed E-state index contributed by atoms with van der Waals surface area (Å²) in [7, 11) is 0. The van der Waals surface area contributed by atoms with Crippen LogP contribution in [0.3, 0.4) is 0 Å². The Kier molecular flexibility index (Phi) is 6.90. The summed E-state index contributed by atoms with van der Waals surface area (Å²) in [6.45, 7) is 9.64. The number of hydrogen-bond acceptors (Lipinski definition) is 3. The Morgan fingerprint density at radius 1 is 1.42 bits per heavy atom. The first-order chi connectivity index (χ1) is 8.99. The molecule has 0 aliphatic carbocycles. The fourth-order valence-electron chi connectivity index (χ4n) is 2.35. The zero-order chi connectivity index (χ0) is 14.3. The van der Waals surface area contributed by atoms with Crippen molar-refractivity contribution in [3.63, 3.8) is 0 Å². The molecule has 0 spiro atoms. The molecule has 0 aromatic heterocycles. The van der Waals surface area contributed by atoms with Gasteiger partial charge in [-0.25, -0.2) is 0 Å². The fraction of sp³-hybridized carbons (Fsp3) is 0.625. The van der Waals surface area contributed by atoms with Crippen LogP contribution in [0.5, 0.6) is 0 Å². The van der Waals surface area contributed by atoms with Gasteiger partial charge in [0.1, 0.15) is 0 Å². The summed E-state index contributed by atoms with van der Waals surface area (Å²) < 4.78 is 0. The third-order valence-corrected chi connectivity index (χ3v) is 4.54. The second-order valence-corrected chi connectivity index (χ2v) is 6.99. The summed E-state index contributed by atoms with van der Waals surface area (Å²) in [5.74, 6) is 1.04. The highest BCUT2D eigenvalue weighted by atomic mass is 32.2. The van der Waals surface area contributed by atoms with Gasteiger partial charge in [0.2, 0.25) is 0 Å². The van der Waals surface area contributed by atoms with Crippen LogP contribution in [0.25, 0.3) is 0 Å². The number of aryl methyl sites for hydroxylation is 1. The molecule has 0 bridgehead atoms. The molecule has 0 radical (unpaired) electrons. The molecule has 0 aliphatic rings. The molecule has 2 nitrogen and oxygen atoms in total. The molecular weight excluding hydrogens is 254 g/mol. The van der Waals surface area contributed by atoms with E-state index in [4.69, 9.17) is 0 Å². The van der Waals surface area contributed by atoms with Crippen molar-refractivity contribution >= 4 is 11.8 Å². The Bertz CT molecular complexity index is 383. The van der Waals surface area contributed by atoms with E-state index in [0.29, 0.717) is 5.25 Å². The van der Waals surface area contributed by atoms with Gasteiger partial charge in [0.25, 0.3) is 0 Å². The maximum Gasteiger partial charge on any atom is 0.0611 e. The third-order valence-electron chi connectivity index (χ3n) is 3.31. The molecule has 2 N–H and O–H groups in total. The van der Waals surface area contributed by atoms with Gasteiger partial charge >= 0.3 is 0 Å². The standard InChI is InChI=1S/C16H27NOS/c1-5-17-16(4,12-18)10-14(3)19-11-15-8-6-7-13(2)9-15/h6-9,14,17-18H,5,10-12H2,1-4H3. The molecule has 0 amide bonds. The van der Waals surface area contributed by atoms with Gasteiger partial charge in [-0.15, -0.1) is 0 Å². The van der Waals surface area contributed by atoms with E-state index in [1.54, 1.807) is 0 Å². The highest BCUT2D eigenvalue weighted by molar-refractivity contribution is 7.99. The molecule has 2 unspecified atom stereocenters. The number of aliphatic hydroxyl groups excluding tert-OH is 1. The number of likely N-dealkylation sites (N-methyl/N-ethyl adjacent to an activating group) is 1. The van der Waals surface area contributed by atoms with Gasteiger partial charge < -0.3 is 10.4 Å². The number of nitrogens with one attached hydrogen (secondary N) is 1. The van der Waals surface area contributed by atoms with E-state index < -0.39 is 0 Å². The van der Waals surface area contributed by atoms with Crippen LogP contribution in [0.1, 0.15) is 38.3 Å². The lowest BCUT2D eigenvalue weighted by Crippen LogP contribution is -2.47. The van der Waals surface area contributed by atoms with Crippen molar-refractivity contribution in [2.75, 3.05) is 13.2 Å². The van der Waals surface area contributed by atoms with Crippen LogP contribution in [0, 0.1) is 6.92 Å². The highest BCUT2D eigenvalue weighted by Gasteiger charge is 2.24. The normalized spacial score (nSPS) is 16.1. The number of thioether (sulfide) groups is 1. The lowest BCUT2D eigenvalue weighted by molar-refractivity contribution is 0.168. The van der Waals surface area contributed by atoms with Crippen molar-refractivity contribution in [2.45, 2.75) is 50.7 Å². The topological polar surface area (TPSA) is 32.3 Å². The minimum Gasteiger partial charge on any atom is -0.394 e. The van der Waals surface area contributed by atoms with Gasteiger partial charge in [-0.3, -0.25) is 0 Å². The van der Waals surface area contributed by atoms with Gasteiger partial charge in [0.05, 0.1) is 6.61 Å². The lowest BCUT2D eigenvalue weighted by atomic mass is 9.97. The Morgan fingerprint density at radius 2 is 2.16 bits per heavy atom. The summed E-state index contributed by atoms with van der Waals surface area (Å²) in [6, 6.07) is 8.68. The third kappa shape index (κ3) is 5.98. The smallest absolute Gasteiger partial charge is 0.0611 e. The summed E-state index contributed by atoms with van der Waals surface area (Å²) >= 11 is 1.96. The minimum atomic E-state index is -0.159. The Morgan fingerprint density at radius 3 is 2.74 bits per heavy atom. The predicted molar refractivity (Wildman–Crippen MR) is 85.7 cm³/mol. The Hall–Kier alpha value is -0.510. The Labute approximate surface area is 122 Å². The van der Waals surface area contributed by atoms with E-state index in [0.717, 1.165) is 18.7 Å². The second-order valence-electron chi connectivity index (χ2n) is 5.56. The van der Waals surface area contributed by atoms with E-state index in [9.17, 15) is 5.11 Å². The molecule has 0 fully saturated rings. The average Bonchev–Trinajstić information content (AvgIpc) is 2.37. The van der Waals surface area contributed by atoms with Gasteiger partial charge in [-0.1, -0.05) is 43.7 Å². The molecule has 1 aromatic carbocycles. The summed E-state index contributed by atoms with van der Waals surface area (Å²) in [4.78, 5) is 0. The van der Waals surface area contributed by atoms with Crippen LogP contribution in [-0.2, 0) is 5.75 Å². The Balaban J connectivity index is 2.44. The van der Waals surface area contributed by atoms with Gasteiger partial charge in [-0.2, -0.15) is 11.8 Å². The number of aliphatic hydroxyl groups is 1. The molecule has 0 saturated heterocycles. The molecule has 3 heteroatoms. The molecule has 1 rings (SSSR count). The molecule has 0 saturated carbocycles. The van der Waals surface area contributed by atoms with Crippen LogP contribution < -0.4 is 5.32 Å². The average molecular weight is 281 g/mol. The van der Waals surface area contributed by atoms with Crippen LogP contribution >= 0.6 is 11.8 Å². The maximum absolute atomic E-state index is 9.52. The van der Waals surface area contributed by atoms with E-state index in [1.807, 2.05) is 11.8 Å². The summed E-state index contributed by atoms with van der Waals surface area (Å²) in [6.07, 6.45) is 0.980. The van der Waals surface area contributed by atoms with Crippen molar-refractivity contribution in [3.05, 3.63) is 35.4 Å². The van der Waals surface area contributed by atoms with E-state index in [1.165, 1.54) is 11.1 Å². The molecule has 0 heterocycles. The van der Waals surface area contributed by atoms with Crippen molar-refractivity contribution in [3.8, 4) is 0 Å². The molecule has 2 atom stereocenters. The monoisotopic (exact) mass is 281 g/mol. The SMILES string of the molecule is CCNC(C)(CO)CC(C)SCc1cccc(C)c1. The van der Waals surface area contributed by atoms with E-state index >= 15 is 0 Å². The molecule has 19 heavy (non-hydrogen) atoms. The number of hydrogen-bond donors (Lipinski definition) is 2. The van der Waals surface area contributed by atoms with Gasteiger partial charge in [-0.05, 0) is 32.4 Å². The van der Waals surface area contributed by atoms with Crippen LogP contribution in [0.2, 0.25) is 0 Å². The molecular formula is C16H27NOS. The molecule has 1 aromatic rings. The fourth-order valence-corrected chi connectivity index (χ4v) is 3.50. The zero-order valence-corrected chi connectivity index (χ0v) is 13.4. The van der Waals surface area contributed by atoms with Crippen LogP contribution in [-0.4, -0.2) is 29.0 Å². The molecule has 0 aliphatic heterocycles. The number of rotatable bonds is 8. The van der Waals surface area contributed by atoms with Crippen molar-refractivity contribution < 1.29 is 5.11 Å². The first-order valence-corrected chi connectivity index (χ1v) is 8.07. The van der Waals surface area contributed by atoms with Crippen LogP contribution in [0.15, 0.2) is 24.3 Å². The lowest BCUT2D eigenvalue weighted by Gasteiger charge is -2.31. The number of benzene rings is 1. The minimum absolute atomic E-state index is 0.159. The van der Waals surface area contributed by atoms with E-state index in [2.05, 4.69) is 57.3 Å². The van der Waals surface area contributed by atoms with Crippen molar-refractivity contribution in [1.29, 1.82) is 0 Å². The van der Waals surface area contributed by atoms with Gasteiger partial charge in [0, 0.05) is 16.5 Å². The van der Waals surface area contributed by atoms with Crippen molar-refractivity contribution in [2.24, 2.45) is 0 Å². The summed E-state index contributed by atoms with van der Waals surface area (Å²) in [5, 5.41) is 13.4. The predicted octanol–water partition coefficient (Wildman–Crippen LogP) is 3.37. The van der Waals surface area contributed by atoms with Gasteiger partial charge in [0.15, 0.2) is 0 Å². The summed E-state index contributed by atoms with van der Waals surface area (Å²) in [5.41, 5.74) is 2.54. The highest BCUT2D eigenvalue weighted by Crippen LogP contribution is 2.25. The largest absolute Gasteiger partial charge is 0.394 e.